The van der Waals surface area contributed by atoms with E-state index in [0.29, 0.717) is 11.3 Å². The van der Waals surface area contributed by atoms with E-state index in [9.17, 15) is 18.4 Å². The van der Waals surface area contributed by atoms with E-state index in [1.54, 1.807) is 20.9 Å². The predicted molar refractivity (Wildman–Crippen MR) is 83.8 cm³/mol. The average Bonchev–Trinajstić information content (AvgIpc) is 2.84. The maximum absolute atomic E-state index is 13.3. The molecular formula is C17H18F2N2O3. The number of halogens is 2. The average molecular weight is 336 g/mol. The van der Waals surface area contributed by atoms with Gasteiger partial charge in [-0.25, -0.2) is 13.6 Å². The molecular weight excluding hydrogens is 318 g/mol. The molecule has 128 valence electrons. The highest BCUT2D eigenvalue weighted by molar-refractivity contribution is 5.94. The van der Waals surface area contributed by atoms with Crippen molar-refractivity contribution in [3.63, 3.8) is 0 Å². The number of carbonyl (C=O) groups is 2. The van der Waals surface area contributed by atoms with Gasteiger partial charge in [0.05, 0.1) is 7.11 Å². The summed E-state index contributed by atoms with van der Waals surface area (Å²) in [5.41, 5.74) is 2.57. The first-order valence-corrected chi connectivity index (χ1v) is 7.23. The summed E-state index contributed by atoms with van der Waals surface area (Å²) in [5.74, 6) is -3.02. The smallest absolute Gasteiger partial charge is 0.354 e. The molecule has 0 aliphatic heterocycles. The van der Waals surface area contributed by atoms with Crippen molar-refractivity contribution in [1.29, 1.82) is 0 Å². The van der Waals surface area contributed by atoms with Gasteiger partial charge in [-0.3, -0.25) is 4.79 Å². The molecule has 24 heavy (non-hydrogen) atoms. The van der Waals surface area contributed by atoms with Crippen molar-refractivity contribution in [2.45, 2.75) is 20.4 Å². The Bertz CT molecular complexity index is 799. The number of aryl methyl sites for hydroxylation is 1. The molecule has 2 rings (SSSR count). The third kappa shape index (κ3) is 3.29. The molecule has 0 spiro atoms. The summed E-state index contributed by atoms with van der Waals surface area (Å²) in [6.07, 6.45) is 0. The largest absolute Gasteiger partial charge is 0.464 e. The number of methoxy groups -OCH3 is 1. The van der Waals surface area contributed by atoms with Crippen LogP contribution in [0, 0.1) is 25.5 Å². The molecule has 5 nitrogen and oxygen atoms in total. The summed E-state index contributed by atoms with van der Waals surface area (Å²) in [6, 6.07) is 3.01. The fourth-order valence-electron chi connectivity index (χ4n) is 2.49. The summed E-state index contributed by atoms with van der Waals surface area (Å²) in [4.78, 5) is 28.4. The standard InChI is InChI=1S/C17H18F2N2O3/c1-9-12(10(2)20-15(9)17(23)24-4)8-21(3)16(22)11-5-6-13(18)14(19)7-11/h5-7,20H,8H2,1-4H3. The van der Waals surface area contributed by atoms with Gasteiger partial charge in [-0.15, -0.1) is 0 Å². The molecule has 7 heteroatoms. The summed E-state index contributed by atoms with van der Waals surface area (Å²) >= 11 is 0. The van der Waals surface area contributed by atoms with Gasteiger partial charge in [0.15, 0.2) is 11.6 Å². The minimum absolute atomic E-state index is 0.0513. The van der Waals surface area contributed by atoms with Crippen LogP contribution < -0.4 is 0 Å². The minimum Gasteiger partial charge on any atom is -0.464 e. The Morgan fingerprint density at radius 1 is 1.21 bits per heavy atom. The number of benzene rings is 1. The van der Waals surface area contributed by atoms with Gasteiger partial charge in [0.1, 0.15) is 5.69 Å². The highest BCUT2D eigenvalue weighted by atomic mass is 19.2. The first kappa shape index (κ1) is 17.7. The van der Waals surface area contributed by atoms with Crippen LogP contribution in [0.5, 0.6) is 0 Å². The van der Waals surface area contributed by atoms with E-state index in [4.69, 9.17) is 4.74 Å². The zero-order valence-corrected chi connectivity index (χ0v) is 13.9. The van der Waals surface area contributed by atoms with Gasteiger partial charge in [-0.1, -0.05) is 0 Å². The molecule has 1 amide bonds. The van der Waals surface area contributed by atoms with Gasteiger partial charge in [-0.2, -0.15) is 0 Å². The molecule has 2 aromatic rings. The van der Waals surface area contributed by atoms with E-state index in [1.807, 2.05) is 0 Å². The second-order valence-corrected chi connectivity index (χ2v) is 5.51. The van der Waals surface area contributed by atoms with Crippen LogP contribution >= 0.6 is 0 Å². The second-order valence-electron chi connectivity index (χ2n) is 5.51. The number of hydrogen-bond acceptors (Lipinski definition) is 3. The Kier molecular flexibility index (Phi) is 5.02. The topological polar surface area (TPSA) is 62.4 Å². The predicted octanol–water partition coefficient (Wildman–Crippen LogP) is 2.97. The Morgan fingerprint density at radius 3 is 2.46 bits per heavy atom. The molecule has 0 fully saturated rings. The number of nitrogens with one attached hydrogen (secondary N) is 1. The van der Waals surface area contributed by atoms with Crippen molar-refractivity contribution in [3.05, 3.63) is 57.9 Å². The van der Waals surface area contributed by atoms with E-state index in [2.05, 4.69) is 4.98 Å². The molecule has 1 heterocycles. The van der Waals surface area contributed by atoms with E-state index >= 15 is 0 Å². The van der Waals surface area contributed by atoms with Gasteiger partial charge in [0.2, 0.25) is 0 Å². The number of carbonyl (C=O) groups excluding carboxylic acids is 2. The van der Waals surface area contributed by atoms with Gasteiger partial charge in [-0.05, 0) is 43.2 Å². The molecule has 0 atom stereocenters. The molecule has 0 aliphatic carbocycles. The molecule has 0 radical (unpaired) electrons. The molecule has 1 N–H and O–H groups in total. The van der Waals surface area contributed by atoms with Crippen LogP contribution in [0.1, 0.15) is 37.7 Å². The van der Waals surface area contributed by atoms with Crippen LogP contribution in [-0.2, 0) is 11.3 Å². The van der Waals surface area contributed by atoms with Crippen LogP contribution in [0.15, 0.2) is 18.2 Å². The molecule has 0 aliphatic rings. The SMILES string of the molecule is COC(=O)c1[nH]c(C)c(CN(C)C(=O)c2ccc(F)c(F)c2)c1C. The number of ether oxygens (including phenoxy) is 1. The number of H-pyrrole nitrogens is 1. The van der Waals surface area contributed by atoms with Gasteiger partial charge in [0.25, 0.3) is 5.91 Å². The number of rotatable bonds is 4. The Labute approximate surface area is 138 Å². The summed E-state index contributed by atoms with van der Waals surface area (Å²) in [6.45, 7) is 3.74. The highest BCUT2D eigenvalue weighted by Gasteiger charge is 2.21. The van der Waals surface area contributed by atoms with E-state index in [1.165, 1.54) is 18.1 Å². The summed E-state index contributed by atoms with van der Waals surface area (Å²) in [7, 11) is 2.84. The maximum atomic E-state index is 13.3. The first-order chi connectivity index (χ1) is 11.3. The van der Waals surface area contributed by atoms with E-state index in [0.717, 1.165) is 23.4 Å². The highest BCUT2D eigenvalue weighted by Crippen LogP contribution is 2.21. The zero-order valence-electron chi connectivity index (χ0n) is 13.9. The lowest BCUT2D eigenvalue weighted by molar-refractivity contribution is 0.0593. The third-order valence-electron chi connectivity index (χ3n) is 3.89. The summed E-state index contributed by atoms with van der Waals surface area (Å²) in [5, 5.41) is 0. The Morgan fingerprint density at radius 2 is 1.88 bits per heavy atom. The number of aromatic nitrogens is 1. The van der Waals surface area contributed by atoms with Crippen LogP contribution in [0.2, 0.25) is 0 Å². The molecule has 0 saturated heterocycles. The van der Waals surface area contributed by atoms with Crippen molar-refractivity contribution in [1.82, 2.24) is 9.88 Å². The quantitative estimate of drug-likeness (QED) is 0.873. The lowest BCUT2D eigenvalue weighted by Gasteiger charge is -2.18. The zero-order chi connectivity index (χ0) is 18.0. The van der Waals surface area contributed by atoms with Crippen molar-refractivity contribution in [2.75, 3.05) is 14.2 Å². The van der Waals surface area contributed by atoms with Crippen LogP contribution in [0.3, 0.4) is 0 Å². The Hall–Kier alpha value is -2.70. The maximum Gasteiger partial charge on any atom is 0.354 e. The normalized spacial score (nSPS) is 10.6. The van der Waals surface area contributed by atoms with Crippen molar-refractivity contribution in [2.24, 2.45) is 0 Å². The lowest BCUT2D eigenvalue weighted by atomic mass is 10.1. The van der Waals surface area contributed by atoms with E-state index in [-0.39, 0.29) is 12.1 Å². The first-order valence-electron chi connectivity index (χ1n) is 7.23. The van der Waals surface area contributed by atoms with Crippen molar-refractivity contribution in [3.8, 4) is 0 Å². The van der Waals surface area contributed by atoms with Gasteiger partial charge in [0, 0.05) is 24.8 Å². The summed E-state index contributed by atoms with van der Waals surface area (Å²) < 4.78 is 31.0. The number of esters is 1. The monoisotopic (exact) mass is 336 g/mol. The van der Waals surface area contributed by atoms with Crippen LogP contribution in [-0.4, -0.2) is 35.9 Å². The van der Waals surface area contributed by atoms with Gasteiger partial charge >= 0.3 is 5.97 Å². The number of hydrogen-bond donors (Lipinski definition) is 1. The third-order valence-corrected chi connectivity index (χ3v) is 3.89. The van der Waals surface area contributed by atoms with Crippen LogP contribution in [0.25, 0.3) is 0 Å². The number of amides is 1. The second kappa shape index (κ2) is 6.82. The Balaban J connectivity index is 2.24. The molecule has 0 saturated carbocycles. The molecule has 0 unspecified atom stereocenters. The van der Waals surface area contributed by atoms with E-state index < -0.39 is 23.5 Å². The van der Waals surface area contributed by atoms with Crippen molar-refractivity contribution >= 4 is 11.9 Å². The van der Waals surface area contributed by atoms with Gasteiger partial charge < -0.3 is 14.6 Å². The van der Waals surface area contributed by atoms with Crippen molar-refractivity contribution < 1.29 is 23.1 Å². The fourth-order valence-corrected chi connectivity index (χ4v) is 2.49. The molecule has 1 aromatic heterocycles. The molecule has 1 aromatic carbocycles. The number of nitrogens with zero attached hydrogens (tertiary/aromatic N) is 1. The molecule has 0 bridgehead atoms. The fraction of sp³-hybridized carbons (Fsp3) is 0.294. The van der Waals surface area contributed by atoms with Crippen LogP contribution in [0.4, 0.5) is 8.78 Å². The number of aromatic amines is 1. The minimum atomic E-state index is -1.07. The lowest BCUT2D eigenvalue weighted by Crippen LogP contribution is -2.26.